The van der Waals surface area contributed by atoms with Crippen LogP contribution in [0.15, 0.2) is 24.3 Å². The van der Waals surface area contributed by atoms with Gasteiger partial charge in [0.05, 0.1) is 11.0 Å². The second-order valence-corrected chi connectivity index (χ2v) is 10.2. The van der Waals surface area contributed by atoms with Gasteiger partial charge in [0.15, 0.2) is 6.61 Å². The average Bonchev–Trinajstić information content (AvgIpc) is 2.76. The molecule has 2 amide bonds. The van der Waals surface area contributed by atoms with E-state index in [-0.39, 0.29) is 29.6 Å². The van der Waals surface area contributed by atoms with Gasteiger partial charge in [-0.3, -0.25) is 9.59 Å². The first kappa shape index (κ1) is 21.6. The Morgan fingerprint density at radius 1 is 0.938 bits per heavy atom. The van der Waals surface area contributed by atoms with Crippen LogP contribution in [0.1, 0.15) is 44.1 Å². The molecule has 0 unspecified atom stereocenters. The van der Waals surface area contributed by atoms with Gasteiger partial charge in [-0.25, -0.2) is 0 Å². The highest BCUT2D eigenvalue weighted by molar-refractivity contribution is 5.84. The van der Waals surface area contributed by atoms with Crippen molar-refractivity contribution in [3.63, 3.8) is 0 Å². The summed E-state index contributed by atoms with van der Waals surface area (Å²) in [5, 5.41) is 0. The van der Waals surface area contributed by atoms with Gasteiger partial charge in [-0.05, 0) is 74.5 Å². The number of ether oxygens (including phenoxy) is 1. The lowest BCUT2D eigenvalue weighted by molar-refractivity contribution is -0.160. The lowest BCUT2D eigenvalue weighted by atomic mass is 9.49. The number of nitrogens with zero attached hydrogens (tertiary/aromatic N) is 2. The van der Waals surface area contributed by atoms with E-state index in [0.717, 1.165) is 31.4 Å². The van der Waals surface area contributed by atoms with Crippen LogP contribution in [0.3, 0.4) is 0 Å². The third-order valence-corrected chi connectivity index (χ3v) is 7.94. The highest BCUT2D eigenvalue weighted by Crippen LogP contribution is 2.60. The van der Waals surface area contributed by atoms with E-state index in [1.54, 1.807) is 4.90 Å². The Labute approximate surface area is 185 Å². The Hall–Kier alpha value is -2.25. The highest BCUT2D eigenvalue weighted by atomic mass is 19.4. The molecule has 1 saturated heterocycles. The Balaban J connectivity index is 1.13. The molecule has 0 radical (unpaired) electrons. The van der Waals surface area contributed by atoms with Crippen molar-refractivity contribution in [3.05, 3.63) is 29.8 Å². The monoisotopic (exact) mass is 450 g/mol. The molecule has 6 rings (SSSR count). The number of halogens is 3. The standard InChI is InChI=1S/C24H29F3N2O3/c25-24(26,27)19-2-1-3-20(11-19)32-15-21(30)28-4-6-29(7-5-28)22(31)23-12-16-8-17(13-23)10-18(9-16)14-23/h1-3,11,16-18H,4-10,12-15H2. The molecule has 5 fully saturated rings. The van der Waals surface area contributed by atoms with E-state index in [1.807, 2.05) is 4.90 Å². The molecule has 0 N–H and O–H groups in total. The summed E-state index contributed by atoms with van der Waals surface area (Å²) >= 11 is 0. The van der Waals surface area contributed by atoms with E-state index < -0.39 is 11.7 Å². The molecule has 1 heterocycles. The minimum absolute atomic E-state index is 0.0174. The van der Waals surface area contributed by atoms with E-state index in [2.05, 4.69) is 0 Å². The van der Waals surface area contributed by atoms with Crippen molar-refractivity contribution in [1.29, 1.82) is 0 Å². The molecule has 5 aliphatic rings. The Bertz CT molecular complexity index is 857. The van der Waals surface area contributed by atoms with Crippen LogP contribution < -0.4 is 4.74 Å². The van der Waals surface area contributed by atoms with Crippen molar-refractivity contribution < 1.29 is 27.5 Å². The number of amides is 2. The first-order valence-corrected chi connectivity index (χ1v) is 11.6. The summed E-state index contributed by atoms with van der Waals surface area (Å²) in [6.07, 6.45) is 2.51. The molecule has 0 aromatic heterocycles. The molecule has 32 heavy (non-hydrogen) atoms. The van der Waals surface area contributed by atoms with E-state index in [9.17, 15) is 22.8 Å². The van der Waals surface area contributed by atoms with Crippen LogP contribution in [-0.4, -0.2) is 54.4 Å². The smallest absolute Gasteiger partial charge is 0.416 e. The highest BCUT2D eigenvalue weighted by Gasteiger charge is 2.55. The van der Waals surface area contributed by atoms with Gasteiger partial charge in [-0.1, -0.05) is 6.07 Å². The van der Waals surface area contributed by atoms with Crippen molar-refractivity contribution in [2.75, 3.05) is 32.8 Å². The minimum Gasteiger partial charge on any atom is -0.484 e. The van der Waals surface area contributed by atoms with Gasteiger partial charge in [0.1, 0.15) is 5.75 Å². The van der Waals surface area contributed by atoms with Crippen molar-refractivity contribution in [1.82, 2.24) is 9.80 Å². The predicted octanol–water partition coefficient (Wildman–Crippen LogP) is 3.97. The zero-order chi connectivity index (χ0) is 22.5. The number of carbonyl (C=O) groups excluding carboxylic acids is 2. The predicted molar refractivity (Wildman–Crippen MR) is 111 cm³/mol. The molecule has 0 atom stereocenters. The molecule has 5 nitrogen and oxygen atoms in total. The normalized spacial score (nSPS) is 31.7. The number of hydrogen-bond acceptors (Lipinski definition) is 3. The number of benzene rings is 1. The minimum atomic E-state index is -4.46. The van der Waals surface area contributed by atoms with Gasteiger partial charge in [-0.2, -0.15) is 13.2 Å². The molecule has 174 valence electrons. The summed E-state index contributed by atoms with van der Waals surface area (Å²) < 4.78 is 43.8. The van der Waals surface area contributed by atoms with E-state index >= 15 is 0 Å². The van der Waals surface area contributed by atoms with Gasteiger partial charge in [0.25, 0.3) is 5.91 Å². The fourth-order valence-corrected chi connectivity index (χ4v) is 6.87. The SMILES string of the molecule is O=C(COc1cccc(C(F)(F)F)c1)N1CCN(C(=O)C23CC4CC(CC(C4)C2)C3)CC1. The summed E-state index contributed by atoms with van der Waals surface area (Å²) in [7, 11) is 0. The lowest BCUT2D eigenvalue weighted by Gasteiger charge is -2.57. The molecule has 8 heteroatoms. The Kier molecular flexibility index (Phi) is 5.37. The summed E-state index contributed by atoms with van der Waals surface area (Å²) in [6.45, 7) is 1.57. The van der Waals surface area contributed by atoms with Gasteiger partial charge in [-0.15, -0.1) is 0 Å². The van der Waals surface area contributed by atoms with E-state index in [0.29, 0.717) is 43.9 Å². The summed E-state index contributed by atoms with van der Waals surface area (Å²) in [5.74, 6) is 2.15. The first-order chi connectivity index (χ1) is 15.2. The van der Waals surface area contributed by atoms with Crippen molar-refractivity contribution in [2.24, 2.45) is 23.2 Å². The number of carbonyl (C=O) groups is 2. The third kappa shape index (κ3) is 4.08. The first-order valence-electron chi connectivity index (χ1n) is 11.6. The number of hydrogen-bond donors (Lipinski definition) is 0. The third-order valence-electron chi connectivity index (χ3n) is 7.94. The number of rotatable bonds is 4. The van der Waals surface area contributed by atoms with Crippen LogP contribution in [0.4, 0.5) is 13.2 Å². The number of piperazine rings is 1. The molecular formula is C24H29F3N2O3. The molecule has 4 aliphatic carbocycles. The summed E-state index contributed by atoms with van der Waals surface area (Å²) in [4.78, 5) is 29.6. The molecule has 1 aromatic carbocycles. The van der Waals surface area contributed by atoms with Crippen molar-refractivity contribution in [3.8, 4) is 5.75 Å². The second-order valence-electron chi connectivity index (χ2n) is 10.2. The van der Waals surface area contributed by atoms with Crippen LogP contribution in [0, 0.1) is 23.2 Å². The Morgan fingerprint density at radius 3 is 2.06 bits per heavy atom. The maximum absolute atomic E-state index is 13.5. The van der Waals surface area contributed by atoms with Gasteiger partial charge in [0.2, 0.25) is 5.91 Å². The second kappa shape index (κ2) is 7.96. The molecule has 1 aliphatic heterocycles. The van der Waals surface area contributed by atoms with Crippen LogP contribution in [-0.2, 0) is 15.8 Å². The van der Waals surface area contributed by atoms with Crippen LogP contribution in [0.2, 0.25) is 0 Å². The summed E-state index contributed by atoms with van der Waals surface area (Å²) in [6, 6.07) is 4.53. The quantitative estimate of drug-likeness (QED) is 0.698. The average molecular weight is 451 g/mol. The molecule has 1 aromatic rings. The van der Waals surface area contributed by atoms with Gasteiger partial charge < -0.3 is 14.5 Å². The zero-order valence-electron chi connectivity index (χ0n) is 18.1. The van der Waals surface area contributed by atoms with Gasteiger partial charge >= 0.3 is 6.18 Å². The molecular weight excluding hydrogens is 421 g/mol. The van der Waals surface area contributed by atoms with Crippen LogP contribution in [0.5, 0.6) is 5.75 Å². The maximum atomic E-state index is 13.5. The van der Waals surface area contributed by atoms with E-state index in [4.69, 9.17) is 4.74 Å². The maximum Gasteiger partial charge on any atom is 0.416 e. The Morgan fingerprint density at radius 2 is 1.50 bits per heavy atom. The van der Waals surface area contributed by atoms with E-state index in [1.165, 1.54) is 31.4 Å². The fraction of sp³-hybridized carbons (Fsp3) is 0.667. The molecule has 4 saturated carbocycles. The fourth-order valence-electron chi connectivity index (χ4n) is 6.87. The van der Waals surface area contributed by atoms with Gasteiger partial charge in [0, 0.05) is 26.2 Å². The zero-order valence-corrected chi connectivity index (χ0v) is 18.1. The largest absolute Gasteiger partial charge is 0.484 e. The van der Waals surface area contributed by atoms with Crippen molar-refractivity contribution in [2.45, 2.75) is 44.7 Å². The lowest BCUT2D eigenvalue weighted by Crippen LogP contribution is -2.58. The molecule has 0 spiro atoms. The summed E-state index contributed by atoms with van der Waals surface area (Å²) in [5.41, 5.74) is -0.979. The topological polar surface area (TPSA) is 49.9 Å². The van der Waals surface area contributed by atoms with Crippen LogP contribution in [0.25, 0.3) is 0 Å². The van der Waals surface area contributed by atoms with Crippen molar-refractivity contribution >= 4 is 11.8 Å². The number of alkyl halides is 3. The molecule has 4 bridgehead atoms. The van der Waals surface area contributed by atoms with Crippen LogP contribution >= 0.6 is 0 Å².